The van der Waals surface area contributed by atoms with Crippen LogP contribution in [0.3, 0.4) is 0 Å². The molecule has 1 amide bonds. The molecule has 1 aromatic heterocycles. The van der Waals surface area contributed by atoms with Crippen molar-refractivity contribution in [1.82, 2.24) is 10.3 Å². The van der Waals surface area contributed by atoms with Crippen molar-refractivity contribution in [3.8, 4) is 5.75 Å². The van der Waals surface area contributed by atoms with Gasteiger partial charge in [0.25, 0.3) is 5.91 Å². The summed E-state index contributed by atoms with van der Waals surface area (Å²) in [5, 5.41) is 3.06. The Morgan fingerprint density at radius 3 is 2.80 bits per heavy atom. The van der Waals surface area contributed by atoms with Crippen molar-refractivity contribution in [1.29, 1.82) is 0 Å². The average Bonchev–Trinajstić information content (AvgIpc) is 2.66. The third-order valence-electron chi connectivity index (χ3n) is 4.74. The number of hydrogen-bond donors (Lipinski definition) is 1. The van der Waals surface area contributed by atoms with Gasteiger partial charge in [-0.3, -0.25) is 9.78 Å². The molecule has 0 aliphatic carbocycles. The van der Waals surface area contributed by atoms with Gasteiger partial charge in [0.15, 0.2) is 0 Å². The Hall–Kier alpha value is -2.56. The number of carbonyl (C=O) groups is 1. The summed E-state index contributed by atoms with van der Waals surface area (Å²) < 4.78 is 5.17. The van der Waals surface area contributed by atoms with Crippen molar-refractivity contribution < 1.29 is 9.53 Å². The van der Waals surface area contributed by atoms with Gasteiger partial charge in [-0.25, -0.2) is 0 Å². The first kappa shape index (κ1) is 17.3. The van der Waals surface area contributed by atoms with Gasteiger partial charge in [-0.1, -0.05) is 6.07 Å². The third-order valence-corrected chi connectivity index (χ3v) is 4.74. The van der Waals surface area contributed by atoms with Gasteiger partial charge in [-0.05, 0) is 56.0 Å². The van der Waals surface area contributed by atoms with E-state index in [4.69, 9.17) is 4.74 Å². The molecule has 0 unspecified atom stereocenters. The summed E-state index contributed by atoms with van der Waals surface area (Å²) in [6.45, 7) is 4.77. The van der Waals surface area contributed by atoms with Crippen LogP contribution >= 0.6 is 0 Å². The molecule has 0 radical (unpaired) electrons. The summed E-state index contributed by atoms with van der Waals surface area (Å²) in [5.74, 6) is 1.19. The van der Waals surface area contributed by atoms with E-state index in [2.05, 4.69) is 27.3 Å². The zero-order chi connectivity index (χ0) is 17.6. The van der Waals surface area contributed by atoms with Crippen LogP contribution in [0.15, 0.2) is 42.6 Å². The summed E-state index contributed by atoms with van der Waals surface area (Å²) in [6, 6.07) is 11.5. The molecule has 2 aromatic rings. The van der Waals surface area contributed by atoms with Gasteiger partial charge in [0.2, 0.25) is 0 Å². The second-order valence-corrected chi connectivity index (χ2v) is 6.53. The van der Waals surface area contributed by atoms with E-state index in [0.29, 0.717) is 17.2 Å². The maximum Gasteiger partial charge on any atom is 0.251 e. The number of rotatable bonds is 5. The molecule has 3 rings (SSSR count). The number of hydrogen-bond acceptors (Lipinski definition) is 4. The summed E-state index contributed by atoms with van der Waals surface area (Å²) in [5.41, 5.74) is 2.93. The van der Waals surface area contributed by atoms with E-state index < -0.39 is 0 Å². The Morgan fingerprint density at radius 2 is 2.08 bits per heavy atom. The van der Waals surface area contributed by atoms with Crippen LogP contribution in [0.25, 0.3) is 0 Å². The molecule has 5 nitrogen and oxygen atoms in total. The van der Waals surface area contributed by atoms with Crippen LogP contribution in [0.5, 0.6) is 5.75 Å². The highest BCUT2D eigenvalue weighted by Crippen LogP contribution is 2.23. The van der Waals surface area contributed by atoms with Crippen LogP contribution in [0.4, 0.5) is 5.69 Å². The Morgan fingerprint density at radius 1 is 1.28 bits per heavy atom. The Bertz CT molecular complexity index is 724. The largest absolute Gasteiger partial charge is 0.497 e. The second-order valence-electron chi connectivity index (χ2n) is 6.53. The first-order valence-corrected chi connectivity index (χ1v) is 8.75. The van der Waals surface area contributed by atoms with Crippen LogP contribution < -0.4 is 15.0 Å². The maximum absolute atomic E-state index is 12.3. The van der Waals surface area contributed by atoms with E-state index in [1.807, 2.05) is 31.3 Å². The van der Waals surface area contributed by atoms with E-state index in [1.54, 1.807) is 13.2 Å². The number of amides is 1. The summed E-state index contributed by atoms with van der Waals surface area (Å²) in [7, 11) is 1.61. The van der Waals surface area contributed by atoms with Crippen LogP contribution in [0.1, 0.15) is 28.9 Å². The molecule has 1 N–H and O–H groups in total. The molecule has 1 aromatic carbocycles. The van der Waals surface area contributed by atoms with Crippen molar-refractivity contribution in [3.05, 3.63) is 53.9 Å². The number of methoxy groups -OCH3 is 1. The molecule has 25 heavy (non-hydrogen) atoms. The minimum atomic E-state index is -0.0360. The molecule has 1 aliphatic heterocycles. The minimum Gasteiger partial charge on any atom is -0.497 e. The monoisotopic (exact) mass is 339 g/mol. The van der Waals surface area contributed by atoms with E-state index in [1.165, 1.54) is 5.69 Å². The van der Waals surface area contributed by atoms with Gasteiger partial charge in [0.05, 0.1) is 7.11 Å². The average molecular weight is 339 g/mol. The van der Waals surface area contributed by atoms with Crippen molar-refractivity contribution in [2.45, 2.75) is 19.8 Å². The third kappa shape index (κ3) is 4.50. The molecule has 0 atom stereocenters. The van der Waals surface area contributed by atoms with Crippen molar-refractivity contribution in [2.75, 3.05) is 31.6 Å². The van der Waals surface area contributed by atoms with Crippen LogP contribution in [-0.2, 0) is 0 Å². The number of benzene rings is 1. The van der Waals surface area contributed by atoms with Gasteiger partial charge < -0.3 is 15.0 Å². The SMILES string of the molecule is COc1cccc(C(=O)NCC2CCN(c3ccnc(C)c3)CC2)c1. The number of aromatic nitrogens is 1. The fraction of sp³-hybridized carbons (Fsp3) is 0.400. The van der Waals surface area contributed by atoms with E-state index in [-0.39, 0.29) is 5.91 Å². The number of piperidine rings is 1. The molecule has 0 spiro atoms. The van der Waals surface area contributed by atoms with Crippen LogP contribution in [0, 0.1) is 12.8 Å². The Balaban J connectivity index is 1.48. The van der Waals surface area contributed by atoms with Gasteiger partial charge in [0.1, 0.15) is 5.75 Å². The number of aryl methyl sites for hydroxylation is 1. The highest BCUT2D eigenvalue weighted by Gasteiger charge is 2.20. The summed E-state index contributed by atoms with van der Waals surface area (Å²) in [6.07, 6.45) is 4.03. The highest BCUT2D eigenvalue weighted by atomic mass is 16.5. The first-order chi connectivity index (χ1) is 12.2. The Labute approximate surface area is 149 Å². The molecule has 1 fully saturated rings. The standard InChI is InChI=1S/C20H25N3O2/c1-15-12-18(6-9-21-15)23-10-7-16(8-11-23)14-22-20(24)17-4-3-5-19(13-17)25-2/h3-6,9,12-13,16H,7-8,10-11,14H2,1-2H3,(H,22,24). The molecule has 1 aliphatic rings. The molecule has 2 heterocycles. The van der Waals surface area contributed by atoms with Gasteiger partial charge in [-0.15, -0.1) is 0 Å². The molecule has 1 saturated heterocycles. The van der Waals surface area contributed by atoms with Crippen molar-refractivity contribution in [2.24, 2.45) is 5.92 Å². The van der Waals surface area contributed by atoms with Gasteiger partial charge in [-0.2, -0.15) is 0 Å². The number of nitrogens with zero attached hydrogens (tertiary/aromatic N) is 2. The lowest BCUT2D eigenvalue weighted by atomic mass is 9.96. The van der Waals surface area contributed by atoms with Gasteiger partial charge >= 0.3 is 0 Å². The molecule has 0 saturated carbocycles. The van der Waals surface area contributed by atoms with Crippen LogP contribution in [0.2, 0.25) is 0 Å². The minimum absolute atomic E-state index is 0.0360. The molecule has 0 bridgehead atoms. The lowest BCUT2D eigenvalue weighted by molar-refractivity contribution is 0.0944. The topological polar surface area (TPSA) is 54.5 Å². The lowest BCUT2D eigenvalue weighted by Crippen LogP contribution is -2.38. The predicted octanol–water partition coefficient (Wildman–Crippen LogP) is 3.05. The maximum atomic E-state index is 12.3. The molecule has 5 heteroatoms. The number of anilines is 1. The number of nitrogens with one attached hydrogen (secondary N) is 1. The Kier molecular flexibility index (Phi) is 5.53. The molecule has 132 valence electrons. The van der Waals surface area contributed by atoms with Gasteiger partial charge in [0, 0.05) is 42.8 Å². The lowest BCUT2D eigenvalue weighted by Gasteiger charge is -2.33. The van der Waals surface area contributed by atoms with Crippen LogP contribution in [-0.4, -0.2) is 37.6 Å². The first-order valence-electron chi connectivity index (χ1n) is 8.75. The number of ether oxygens (including phenoxy) is 1. The fourth-order valence-electron chi connectivity index (χ4n) is 3.23. The fourth-order valence-corrected chi connectivity index (χ4v) is 3.23. The van der Waals surface area contributed by atoms with E-state index >= 15 is 0 Å². The number of carbonyl (C=O) groups excluding carboxylic acids is 1. The number of pyridine rings is 1. The van der Waals surface area contributed by atoms with Crippen molar-refractivity contribution in [3.63, 3.8) is 0 Å². The highest BCUT2D eigenvalue weighted by molar-refractivity contribution is 5.94. The zero-order valence-corrected chi connectivity index (χ0v) is 14.9. The summed E-state index contributed by atoms with van der Waals surface area (Å²) >= 11 is 0. The zero-order valence-electron chi connectivity index (χ0n) is 14.9. The quantitative estimate of drug-likeness (QED) is 0.910. The normalized spacial score (nSPS) is 15.0. The van der Waals surface area contributed by atoms with E-state index in [0.717, 1.165) is 38.2 Å². The molecular weight excluding hydrogens is 314 g/mol. The smallest absolute Gasteiger partial charge is 0.251 e. The van der Waals surface area contributed by atoms with Crippen molar-refractivity contribution >= 4 is 11.6 Å². The van der Waals surface area contributed by atoms with E-state index in [9.17, 15) is 4.79 Å². The second kappa shape index (κ2) is 8.01. The molecular formula is C20H25N3O2. The summed E-state index contributed by atoms with van der Waals surface area (Å²) in [4.78, 5) is 18.9. The predicted molar refractivity (Wildman–Crippen MR) is 99.2 cm³/mol.